The van der Waals surface area contributed by atoms with Gasteiger partial charge in [0.15, 0.2) is 0 Å². The number of carboxylic acids is 1. The lowest BCUT2D eigenvalue weighted by atomic mass is 10.1. The van der Waals surface area contributed by atoms with Gasteiger partial charge in [-0.05, 0) is 28.1 Å². The number of aromatic nitrogens is 1. The van der Waals surface area contributed by atoms with Crippen molar-refractivity contribution in [3.05, 3.63) is 40.1 Å². The van der Waals surface area contributed by atoms with Gasteiger partial charge in [-0.3, -0.25) is 0 Å². The summed E-state index contributed by atoms with van der Waals surface area (Å²) >= 11 is 2.73. The van der Waals surface area contributed by atoms with Crippen LogP contribution >= 0.6 is 15.9 Å². The third kappa shape index (κ3) is 2.19. The summed E-state index contributed by atoms with van der Waals surface area (Å²) in [6, 6.07) is 3.14. The zero-order valence-corrected chi connectivity index (χ0v) is 9.66. The zero-order valence-electron chi connectivity index (χ0n) is 8.08. The molecule has 1 aromatic carbocycles. The average molecular weight is 304 g/mol. The molecule has 0 atom stereocenters. The summed E-state index contributed by atoms with van der Waals surface area (Å²) in [4.78, 5) is 10.5. The van der Waals surface area contributed by atoms with E-state index < -0.39 is 23.4 Å². The van der Waals surface area contributed by atoms with E-state index in [2.05, 4.69) is 25.6 Å². The number of rotatable bonds is 2. The second-order valence-corrected chi connectivity index (χ2v) is 3.93. The van der Waals surface area contributed by atoms with E-state index in [4.69, 9.17) is 5.11 Å². The van der Waals surface area contributed by atoms with Crippen LogP contribution in [0.15, 0.2) is 27.2 Å². The van der Waals surface area contributed by atoms with Crippen molar-refractivity contribution in [2.75, 3.05) is 0 Å². The molecule has 7 heteroatoms. The lowest BCUT2D eigenvalue weighted by molar-refractivity contribution is 0.0652. The molecule has 0 fully saturated rings. The molecule has 4 nitrogen and oxygen atoms in total. The maximum Gasteiger partial charge on any atom is 0.374 e. The minimum absolute atomic E-state index is 0.0488. The van der Waals surface area contributed by atoms with Crippen LogP contribution in [0, 0.1) is 11.6 Å². The molecule has 0 radical (unpaired) electrons. The highest BCUT2D eigenvalue weighted by molar-refractivity contribution is 9.10. The molecule has 0 spiro atoms. The molecule has 1 aromatic heterocycles. The normalized spacial score (nSPS) is 10.5. The molecule has 2 rings (SSSR count). The standard InChI is InChI=1S/C10H4BrF2NO3/c11-9-5(12)1-4(2-6(9)13)7-3-8(10(15)16)17-14-7/h1-3H,(H,15,16). The Bertz CT molecular complexity index is 574. The van der Waals surface area contributed by atoms with Crippen molar-refractivity contribution >= 4 is 21.9 Å². The Balaban J connectivity index is 2.49. The van der Waals surface area contributed by atoms with E-state index in [9.17, 15) is 13.6 Å². The summed E-state index contributed by atoms with van der Waals surface area (Å²) in [5.41, 5.74) is 0.146. The van der Waals surface area contributed by atoms with Crippen molar-refractivity contribution in [3.63, 3.8) is 0 Å². The topological polar surface area (TPSA) is 63.3 Å². The molecule has 17 heavy (non-hydrogen) atoms. The highest BCUT2D eigenvalue weighted by atomic mass is 79.9. The summed E-state index contributed by atoms with van der Waals surface area (Å²) in [7, 11) is 0. The third-order valence-corrected chi connectivity index (χ3v) is 2.76. The number of halogens is 3. The summed E-state index contributed by atoms with van der Waals surface area (Å²) in [5, 5.41) is 12.0. The molecule has 1 N–H and O–H groups in total. The minimum atomic E-state index is -1.30. The number of hydrogen-bond acceptors (Lipinski definition) is 3. The van der Waals surface area contributed by atoms with Crippen molar-refractivity contribution < 1.29 is 23.2 Å². The van der Waals surface area contributed by atoms with Gasteiger partial charge in [0.25, 0.3) is 0 Å². The molecular weight excluding hydrogens is 300 g/mol. The van der Waals surface area contributed by atoms with Gasteiger partial charge in [-0.2, -0.15) is 0 Å². The summed E-state index contributed by atoms with van der Waals surface area (Å²) in [6.45, 7) is 0. The highest BCUT2D eigenvalue weighted by Gasteiger charge is 2.15. The summed E-state index contributed by atoms with van der Waals surface area (Å²) in [5.74, 6) is -3.31. The lowest BCUT2D eigenvalue weighted by Gasteiger charge is -1.99. The Labute approximate surface area is 102 Å². The second kappa shape index (κ2) is 4.25. The fourth-order valence-corrected chi connectivity index (χ4v) is 1.44. The second-order valence-electron chi connectivity index (χ2n) is 3.14. The van der Waals surface area contributed by atoms with Crippen LogP contribution in [0.2, 0.25) is 0 Å². The van der Waals surface area contributed by atoms with Crippen LogP contribution in [0.3, 0.4) is 0 Å². The Kier molecular flexibility index (Phi) is 2.93. The molecule has 1 heterocycles. The van der Waals surface area contributed by atoms with E-state index in [1.54, 1.807) is 0 Å². The number of carboxylic acid groups (broad SMARTS) is 1. The zero-order chi connectivity index (χ0) is 12.6. The van der Waals surface area contributed by atoms with Gasteiger partial charge in [-0.25, -0.2) is 13.6 Å². The maximum atomic E-state index is 13.2. The number of nitrogens with zero attached hydrogens (tertiary/aromatic N) is 1. The van der Waals surface area contributed by atoms with E-state index in [1.807, 2.05) is 0 Å². The summed E-state index contributed by atoms with van der Waals surface area (Å²) < 4.78 is 30.7. The monoisotopic (exact) mass is 303 g/mol. The molecule has 0 aliphatic heterocycles. The molecule has 0 saturated carbocycles. The van der Waals surface area contributed by atoms with Crippen LogP contribution in [-0.2, 0) is 0 Å². The molecule has 0 saturated heterocycles. The number of benzene rings is 1. The fourth-order valence-electron chi connectivity index (χ4n) is 1.22. The van der Waals surface area contributed by atoms with E-state index in [0.29, 0.717) is 0 Å². The molecule has 0 unspecified atom stereocenters. The van der Waals surface area contributed by atoms with Gasteiger partial charge in [-0.15, -0.1) is 0 Å². The Hall–Kier alpha value is -1.76. The van der Waals surface area contributed by atoms with Crippen LogP contribution in [-0.4, -0.2) is 16.2 Å². The largest absolute Gasteiger partial charge is 0.475 e. The SMILES string of the molecule is O=C(O)c1cc(-c2cc(F)c(Br)c(F)c2)no1. The van der Waals surface area contributed by atoms with Crippen LogP contribution in [0.5, 0.6) is 0 Å². The van der Waals surface area contributed by atoms with Gasteiger partial charge in [0.2, 0.25) is 5.76 Å². The smallest absolute Gasteiger partial charge is 0.374 e. The van der Waals surface area contributed by atoms with Crippen LogP contribution in [0.1, 0.15) is 10.6 Å². The lowest BCUT2D eigenvalue weighted by Crippen LogP contribution is -1.91. The summed E-state index contributed by atoms with van der Waals surface area (Å²) in [6.07, 6.45) is 0. The van der Waals surface area contributed by atoms with E-state index in [0.717, 1.165) is 18.2 Å². The minimum Gasteiger partial charge on any atom is -0.475 e. The Morgan fingerprint density at radius 3 is 2.35 bits per heavy atom. The molecular formula is C10H4BrF2NO3. The quantitative estimate of drug-likeness (QED) is 0.866. The maximum absolute atomic E-state index is 13.2. The van der Waals surface area contributed by atoms with E-state index in [1.165, 1.54) is 0 Å². The first-order valence-corrected chi connectivity index (χ1v) is 5.13. The van der Waals surface area contributed by atoms with Crippen molar-refractivity contribution in [1.82, 2.24) is 5.16 Å². The first-order chi connectivity index (χ1) is 7.99. The molecule has 88 valence electrons. The van der Waals surface area contributed by atoms with E-state index >= 15 is 0 Å². The van der Waals surface area contributed by atoms with Crippen molar-refractivity contribution in [3.8, 4) is 11.3 Å². The Morgan fingerprint density at radius 1 is 1.29 bits per heavy atom. The molecule has 0 amide bonds. The van der Waals surface area contributed by atoms with Crippen LogP contribution in [0.25, 0.3) is 11.3 Å². The molecule has 0 bridgehead atoms. The van der Waals surface area contributed by atoms with Crippen molar-refractivity contribution in [2.45, 2.75) is 0 Å². The molecule has 2 aromatic rings. The van der Waals surface area contributed by atoms with E-state index in [-0.39, 0.29) is 15.7 Å². The van der Waals surface area contributed by atoms with Gasteiger partial charge < -0.3 is 9.63 Å². The molecule has 0 aliphatic carbocycles. The van der Waals surface area contributed by atoms with Gasteiger partial charge in [0, 0.05) is 11.6 Å². The first kappa shape index (κ1) is 11.7. The average Bonchev–Trinajstić information content (AvgIpc) is 2.74. The van der Waals surface area contributed by atoms with Crippen molar-refractivity contribution in [1.29, 1.82) is 0 Å². The van der Waals surface area contributed by atoms with Gasteiger partial charge in [0.1, 0.15) is 17.3 Å². The van der Waals surface area contributed by atoms with Gasteiger partial charge >= 0.3 is 5.97 Å². The van der Waals surface area contributed by atoms with Crippen molar-refractivity contribution in [2.24, 2.45) is 0 Å². The Morgan fingerprint density at radius 2 is 1.88 bits per heavy atom. The number of carbonyl (C=O) groups is 1. The third-order valence-electron chi connectivity index (χ3n) is 2.00. The predicted octanol–water partition coefficient (Wildman–Crippen LogP) is 3.08. The predicted molar refractivity (Wildman–Crippen MR) is 56.5 cm³/mol. The van der Waals surface area contributed by atoms with Crippen LogP contribution in [0.4, 0.5) is 8.78 Å². The first-order valence-electron chi connectivity index (χ1n) is 4.34. The number of aromatic carboxylic acids is 1. The van der Waals surface area contributed by atoms with Crippen LogP contribution < -0.4 is 0 Å². The van der Waals surface area contributed by atoms with Gasteiger partial charge in [0.05, 0.1) is 4.47 Å². The molecule has 0 aliphatic rings. The highest BCUT2D eigenvalue weighted by Crippen LogP contribution is 2.27. The number of hydrogen-bond donors (Lipinski definition) is 1. The van der Waals surface area contributed by atoms with Gasteiger partial charge in [-0.1, -0.05) is 5.16 Å². The fraction of sp³-hybridized carbons (Fsp3) is 0.